The first-order valence-corrected chi connectivity index (χ1v) is 9.75. The minimum Gasteiger partial charge on any atom is -0.374 e. The fraction of sp³-hybridized carbons (Fsp3) is 0.476. The number of aliphatic hydroxyl groups excluding tert-OH is 1. The molecule has 1 aromatic heterocycles. The van der Waals surface area contributed by atoms with Gasteiger partial charge in [0.1, 0.15) is 12.0 Å². The molecular formula is C21H29N5O2. The highest BCUT2D eigenvalue weighted by Crippen LogP contribution is 2.44. The number of carbonyl (C=O) groups is 1. The van der Waals surface area contributed by atoms with Crippen molar-refractivity contribution in [3.8, 4) is 0 Å². The van der Waals surface area contributed by atoms with Crippen LogP contribution in [0.15, 0.2) is 30.6 Å². The van der Waals surface area contributed by atoms with Gasteiger partial charge in [-0.25, -0.2) is 4.98 Å². The molecule has 3 unspecified atom stereocenters. The Kier molecular flexibility index (Phi) is 5.84. The van der Waals surface area contributed by atoms with E-state index < -0.39 is 6.23 Å². The second-order valence-corrected chi connectivity index (χ2v) is 7.39. The van der Waals surface area contributed by atoms with Crippen molar-refractivity contribution in [2.24, 2.45) is 5.92 Å². The number of fused-ring (bicyclic) bond motifs is 1. The summed E-state index contributed by atoms with van der Waals surface area (Å²) in [6.07, 6.45) is 3.72. The molecule has 0 aliphatic carbocycles. The molecule has 3 N–H and O–H groups in total. The predicted molar refractivity (Wildman–Crippen MR) is 110 cm³/mol. The van der Waals surface area contributed by atoms with Gasteiger partial charge >= 0.3 is 0 Å². The Labute approximate surface area is 166 Å². The first kappa shape index (κ1) is 20.1. The molecule has 3 rings (SSSR count). The maximum Gasteiger partial charge on any atom is 0.251 e. The second-order valence-electron chi connectivity index (χ2n) is 7.39. The summed E-state index contributed by atoms with van der Waals surface area (Å²) in [6, 6.07) is 5.73. The average molecular weight is 383 g/mol. The van der Waals surface area contributed by atoms with Gasteiger partial charge in [-0.2, -0.15) is 0 Å². The Balaban J connectivity index is 2.10. The van der Waals surface area contributed by atoms with Gasteiger partial charge in [0, 0.05) is 30.3 Å². The number of aryl methyl sites for hydroxylation is 1. The van der Waals surface area contributed by atoms with Crippen molar-refractivity contribution < 1.29 is 9.90 Å². The normalized spacial score (nSPS) is 22.4. The van der Waals surface area contributed by atoms with Gasteiger partial charge in [-0.05, 0) is 44.0 Å². The van der Waals surface area contributed by atoms with Crippen molar-refractivity contribution in [1.29, 1.82) is 0 Å². The topological polar surface area (TPSA) is 90.4 Å². The molecule has 1 aliphatic heterocycles. The summed E-state index contributed by atoms with van der Waals surface area (Å²) in [6.45, 7) is 7.98. The number of anilines is 2. The molecule has 1 aliphatic rings. The smallest absolute Gasteiger partial charge is 0.251 e. The highest BCUT2D eigenvalue weighted by atomic mass is 16.3. The summed E-state index contributed by atoms with van der Waals surface area (Å²) >= 11 is 0. The van der Waals surface area contributed by atoms with E-state index in [2.05, 4.69) is 34.4 Å². The Bertz CT molecular complexity index is 837. The third-order valence-corrected chi connectivity index (χ3v) is 5.53. The van der Waals surface area contributed by atoms with Crippen LogP contribution in [0.4, 0.5) is 11.5 Å². The highest BCUT2D eigenvalue weighted by Gasteiger charge is 2.39. The number of nitrogens with one attached hydrogen (secondary N) is 2. The third-order valence-electron chi connectivity index (χ3n) is 5.53. The maximum absolute atomic E-state index is 12.2. The summed E-state index contributed by atoms with van der Waals surface area (Å²) in [5.74, 6) is 0.736. The molecule has 150 valence electrons. The number of nitrogens with zero attached hydrogens (tertiary/aromatic N) is 3. The number of benzene rings is 1. The summed E-state index contributed by atoms with van der Waals surface area (Å²) in [4.78, 5) is 23.0. The van der Waals surface area contributed by atoms with Gasteiger partial charge in [-0.3, -0.25) is 9.78 Å². The van der Waals surface area contributed by atoms with Crippen LogP contribution in [0, 0.1) is 12.8 Å². The van der Waals surface area contributed by atoms with Crippen LogP contribution in [0.25, 0.3) is 0 Å². The molecule has 0 radical (unpaired) electrons. The molecular weight excluding hydrogens is 354 g/mol. The summed E-state index contributed by atoms with van der Waals surface area (Å²) < 4.78 is 0. The van der Waals surface area contributed by atoms with Crippen LogP contribution in [-0.4, -0.2) is 40.3 Å². The van der Waals surface area contributed by atoms with Gasteiger partial charge in [0.25, 0.3) is 5.91 Å². The molecule has 2 aromatic rings. The first-order chi connectivity index (χ1) is 13.4. The largest absolute Gasteiger partial charge is 0.374 e. The van der Waals surface area contributed by atoms with Crippen molar-refractivity contribution >= 4 is 17.4 Å². The van der Waals surface area contributed by atoms with Crippen molar-refractivity contribution in [2.45, 2.75) is 52.4 Å². The molecule has 1 amide bonds. The van der Waals surface area contributed by atoms with Gasteiger partial charge in [0.15, 0.2) is 0 Å². The maximum atomic E-state index is 12.2. The van der Waals surface area contributed by atoms with E-state index in [1.807, 2.05) is 24.0 Å². The van der Waals surface area contributed by atoms with Crippen molar-refractivity contribution in [3.63, 3.8) is 0 Å². The molecule has 28 heavy (non-hydrogen) atoms. The quantitative estimate of drug-likeness (QED) is 0.736. The summed E-state index contributed by atoms with van der Waals surface area (Å²) in [5.41, 5.74) is 3.36. The van der Waals surface area contributed by atoms with E-state index in [1.165, 1.54) is 0 Å². The van der Waals surface area contributed by atoms with Crippen LogP contribution in [0.1, 0.15) is 54.8 Å². The van der Waals surface area contributed by atoms with E-state index >= 15 is 0 Å². The lowest BCUT2D eigenvalue weighted by Gasteiger charge is -2.48. The summed E-state index contributed by atoms with van der Waals surface area (Å²) in [5, 5.41) is 16.7. The molecule has 0 spiro atoms. The molecule has 7 heteroatoms. The van der Waals surface area contributed by atoms with Crippen LogP contribution in [0.5, 0.6) is 0 Å². The Morgan fingerprint density at radius 2 is 2.07 bits per heavy atom. The van der Waals surface area contributed by atoms with E-state index in [4.69, 9.17) is 0 Å². The Morgan fingerprint density at radius 1 is 1.32 bits per heavy atom. The zero-order valence-electron chi connectivity index (χ0n) is 17.1. The highest BCUT2D eigenvalue weighted by molar-refractivity contribution is 5.95. The number of hydrogen-bond acceptors (Lipinski definition) is 6. The molecule has 0 saturated carbocycles. The lowest BCUT2D eigenvalue weighted by atomic mass is 9.80. The second kappa shape index (κ2) is 8.14. The molecule has 1 aromatic carbocycles. The molecule has 0 bridgehead atoms. The first-order valence-electron chi connectivity index (χ1n) is 9.75. The zero-order chi connectivity index (χ0) is 20.4. The van der Waals surface area contributed by atoms with E-state index in [1.54, 1.807) is 32.4 Å². The van der Waals surface area contributed by atoms with Gasteiger partial charge in [-0.1, -0.05) is 13.8 Å². The molecule has 0 fully saturated rings. The minimum absolute atomic E-state index is 0.0587. The van der Waals surface area contributed by atoms with E-state index in [-0.39, 0.29) is 23.9 Å². The lowest BCUT2D eigenvalue weighted by Crippen LogP contribution is -2.51. The van der Waals surface area contributed by atoms with Crippen molar-refractivity contribution in [1.82, 2.24) is 15.3 Å². The SMILES string of the molecule is CCC1[C@H](C)C(Nc2cnc(C)cn2)c2cc(C(=O)NC)ccc2N1C(C)O. The molecule has 2 heterocycles. The van der Waals surface area contributed by atoms with Crippen LogP contribution < -0.4 is 15.5 Å². The molecule has 7 nitrogen and oxygen atoms in total. The van der Waals surface area contributed by atoms with Crippen molar-refractivity contribution in [2.75, 3.05) is 17.3 Å². The number of carbonyl (C=O) groups excluding carboxylic acids is 1. The van der Waals surface area contributed by atoms with Crippen LogP contribution in [0.3, 0.4) is 0 Å². The van der Waals surface area contributed by atoms with Gasteiger partial charge in [0.2, 0.25) is 0 Å². The Morgan fingerprint density at radius 3 is 2.64 bits per heavy atom. The average Bonchev–Trinajstić information content (AvgIpc) is 2.69. The third kappa shape index (κ3) is 3.67. The fourth-order valence-electron chi connectivity index (χ4n) is 4.14. The van der Waals surface area contributed by atoms with Gasteiger partial charge in [0.05, 0.1) is 24.1 Å². The van der Waals surface area contributed by atoms with E-state index in [0.717, 1.165) is 23.4 Å². The van der Waals surface area contributed by atoms with Crippen LogP contribution in [0.2, 0.25) is 0 Å². The van der Waals surface area contributed by atoms with Crippen molar-refractivity contribution in [3.05, 3.63) is 47.4 Å². The minimum atomic E-state index is -0.628. The number of rotatable bonds is 5. The monoisotopic (exact) mass is 383 g/mol. The predicted octanol–water partition coefficient (Wildman–Crippen LogP) is 2.87. The lowest BCUT2D eigenvalue weighted by molar-refractivity contribution is 0.0963. The number of amides is 1. The standard InChI is InChI=1S/C21H29N5O2/c1-6-17-13(3)20(25-19-11-23-12(2)10-24-19)16-9-15(21(28)22-5)7-8-18(16)26(17)14(4)27/h7-11,13-14,17,20,27H,6H2,1-5H3,(H,22,28)(H,24,25)/t13-,14?,17?,20?/m0/s1. The van der Waals surface area contributed by atoms with Gasteiger partial charge < -0.3 is 20.6 Å². The molecule has 4 atom stereocenters. The fourth-order valence-corrected chi connectivity index (χ4v) is 4.14. The van der Waals surface area contributed by atoms with Crippen LogP contribution in [-0.2, 0) is 0 Å². The zero-order valence-corrected chi connectivity index (χ0v) is 17.1. The summed E-state index contributed by atoms with van der Waals surface area (Å²) in [7, 11) is 1.62. The number of hydrogen-bond donors (Lipinski definition) is 3. The van der Waals surface area contributed by atoms with Gasteiger partial charge in [-0.15, -0.1) is 0 Å². The van der Waals surface area contributed by atoms with E-state index in [0.29, 0.717) is 11.4 Å². The number of aliphatic hydroxyl groups is 1. The number of aromatic nitrogens is 2. The van der Waals surface area contributed by atoms with E-state index in [9.17, 15) is 9.90 Å². The Hall–Kier alpha value is -2.67. The van der Waals surface area contributed by atoms with Crippen LogP contribution >= 0.6 is 0 Å². The molecule has 0 saturated heterocycles.